The maximum atomic E-state index is 6.41. The maximum absolute atomic E-state index is 6.41. The van der Waals surface area contributed by atoms with Gasteiger partial charge >= 0.3 is 0 Å². The Morgan fingerprint density at radius 1 is 0.397 bits per heavy atom. The van der Waals surface area contributed by atoms with Gasteiger partial charge in [-0.2, -0.15) is 0 Å². The lowest BCUT2D eigenvalue weighted by molar-refractivity contribution is 0.668. The van der Waals surface area contributed by atoms with Crippen molar-refractivity contribution in [3.05, 3.63) is 193 Å². The summed E-state index contributed by atoms with van der Waals surface area (Å²) in [5.74, 6) is 0. The number of hydrogen-bond donors (Lipinski definition) is 0. The molecule has 0 radical (unpaired) electrons. The normalized spacial score (nSPS) is 12.9. The highest BCUT2D eigenvalue weighted by Gasteiger charge is 2.17. The van der Waals surface area contributed by atoms with Crippen molar-refractivity contribution in [3.63, 3.8) is 0 Å². The molecule has 4 aromatic heterocycles. The number of fused-ring (bicyclic) bond motifs is 12. The molecule has 0 amide bonds. The number of hydrogen-bond acceptors (Lipinski definition) is 2. The molecule has 0 atom stereocenters. The van der Waals surface area contributed by atoms with E-state index >= 15 is 0 Å². The Bertz CT molecular complexity index is 3610. The number of para-hydroxylation sites is 4. The predicted octanol–water partition coefficient (Wildman–Crippen LogP) is 15.2. The quantitative estimate of drug-likeness (QED) is 0.165. The van der Waals surface area contributed by atoms with Gasteiger partial charge in [0.2, 0.25) is 0 Å². The fraction of sp³-hybridized carbons (Fsp3) is 0.0370. The minimum absolute atomic E-state index is 0.881. The topological polar surface area (TPSA) is 36.1 Å². The fourth-order valence-electron chi connectivity index (χ4n) is 9.29. The van der Waals surface area contributed by atoms with Crippen molar-refractivity contribution in [1.82, 2.24) is 9.13 Å². The summed E-state index contributed by atoms with van der Waals surface area (Å²) >= 11 is 0. The summed E-state index contributed by atoms with van der Waals surface area (Å²) in [6.45, 7) is 4.31. The third-order valence-electron chi connectivity index (χ3n) is 12.1. The highest BCUT2D eigenvalue weighted by molar-refractivity contribution is 6.12. The summed E-state index contributed by atoms with van der Waals surface area (Å²) in [5, 5.41) is 9.42. The lowest BCUT2D eigenvalue weighted by Gasteiger charge is -2.09. The van der Waals surface area contributed by atoms with Gasteiger partial charge in [-0.25, -0.2) is 0 Å². The van der Waals surface area contributed by atoms with E-state index in [1.807, 2.05) is 0 Å². The second-order valence-electron chi connectivity index (χ2n) is 15.3. The molecule has 4 heteroatoms. The third-order valence-corrected chi connectivity index (χ3v) is 12.1. The average molecular weight is 745 g/mol. The van der Waals surface area contributed by atoms with E-state index in [0.717, 1.165) is 72.0 Å². The van der Waals surface area contributed by atoms with Gasteiger partial charge in [0.05, 0.1) is 22.1 Å². The SMILES string of the molecule is C/C=C(\C=C(/C)c1ccc2oc3ccc(-n4c5ccccc5c5ccccc54)cc3c2c1)c1ccc2oc3ccc(-n4c5ccccc5c5ccccc54)cc3c2c1. The first-order valence-corrected chi connectivity index (χ1v) is 19.9. The first-order valence-electron chi connectivity index (χ1n) is 19.9. The summed E-state index contributed by atoms with van der Waals surface area (Å²) in [7, 11) is 0. The zero-order chi connectivity index (χ0) is 38.5. The van der Waals surface area contributed by atoms with Crippen LogP contribution in [0.25, 0.3) is 110 Å². The Hall–Kier alpha value is -7.56. The second kappa shape index (κ2) is 12.5. The number of aromatic nitrogens is 2. The highest BCUT2D eigenvalue weighted by Crippen LogP contribution is 2.39. The van der Waals surface area contributed by atoms with Gasteiger partial charge in [0, 0.05) is 54.5 Å². The van der Waals surface area contributed by atoms with E-state index in [-0.39, 0.29) is 0 Å². The van der Waals surface area contributed by atoms with Gasteiger partial charge in [-0.15, -0.1) is 0 Å². The summed E-state index contributed by atoms with van der Waals surface area (Å²) in [6, 6.07) is 60.8. The van der Waals surface area contributed by atoms with Crippen LogP contribution in [0.1, 0.15) is 25.0 Å². The Labute approximate surface area is 333 Å². The molecule has 4 nitrogen and oxygen atoms in total. The molecule has 0 bridgehead atoms. The van der Waals surface area contributed by atoms with E-state index in [1.54, 1.807) is 0 Å². The van der Waals surface area contributed by atoms with E-state index < -0.39 is 0 Å². The Morgan fingerprint density at radius 3 is 1.19 bits per heavy atom. The van der Waals surface area contributed by atoms with E-state index in [9.17, 15) is 0 Å². The van der Waals surface area contributed by atoms with Gasteiger partial charge in [0.25, 0.3) is 0 Å². The molecule has 0 aliphatic heterocycles. The number of allylic oxidation sites excluding steroid dienone is 4. The summed E-state index contributed by atoms with van der Waals surface area (Å²) in [4.78, 5) is 0. The van der Waals surface area contributed by atoms with Crippen molar-refractivity contribution in [2.24, 2.45) is 0 Å². The minimum atomic E-state index is 0.881. The fourth-order valence-corrected chi connectivity index (χ4v) is 9.29. The monoisotopic (exact) mass is 744 g/mol. The molecule has 0 fully saturated rings. The molecule has 0 saturated carbocycles. The van der Waals surface area contributed by atoms with Crippen molar-refractivity contribution in [2.75, 3.05) is 0 Å². The maximum Gasteiger partial charge on any atom is 0.135 e. The minimum Gasteiger partial charge on any atom is -0.456 e. The van der Waals surface area contributed by atoms with Gasteiger partial charge in [-0.3, -0.25) is 0 Å². The molecular formula is C54H36N2O2. The first-order chi connectivity index (χ1) is 28.6. The lowest BCUT2D eigenvalue weighted by atomic mass is 9.97. The summed E-state index contributed by atoms with van der Waals surface area (Å²) < 4.78 is 17.5. The lowest BCUT2D eigenvalue weighted by Crippen LogP contribution is -1.93. The van der Waals surface area contributed by atoms with Crippen molar-refractivity contribution in [1.29, 1.82) is 0 Å². The zero-order valence-corrected chi connectivity index (χ0v) is 32.0. The predicted molar refractivity (Wildman–Crippen MR) is 243 cm³/mol. The van der Waals surface area contributed by atoms with Crippen LogP contribution in [0.3, 0.4) is 0 Å². The van der Waals surface area contributed by atoms with E-state index in [0.29, 0.717) is 0 Å². The van der Waals surface area contributed by atoms with Gasteiger partial charge in [-0.05, 0) is 121 Å². The van der Waals surface area contributed by atoms with E-state index in [2.05, 4.69) is 205 Å². The molecule has 0 aliphatic carbocycles. The van der Waals surface area contributed by atoms with Crippen LogP contribution in [-0.4, -0.2) is 9.13 Å². The van der Waals surface area contributed by atoms with Crippen LogP contribution in [0.2, 0.25) is 0 Å². The average Bonchev–Trinajstić information content (AvgIpc) is 4.02. The molecule has 0 unspecified atom stereocenters. The molecule has 274 valence electrons. The molecule has 0 N–H and O–H groups in total. The largest absolute Gasteiger partial charge is 0.456 e. The molecule has 12 rings (SSSR count). The molecule has 58 heavy (non-hydrogen) atoms. The first kappa shape index (κ1) is 32.7. The Morgan fingerprint density at radius 2 is 0.759 bits per heavy atom. The number of furan rings is 2. The molecule has 0 spiro atoms. The number of nitrogens with zero attached hydrogens (tertiary/aromatic N) is 2. The van der Waals surface area contributed by atoms with Crippen LogP contribution in [0, 0.1) is 0 Å². The van der Waals surface area contributed by atoms with Crippen LogP contribution in [0.4, 0.5) is 0 Å². The second-order valence-corrected chi connectivity index (χ2v) is 15.3. The number of benzene rings is 8. The van der Waals surface area contributed by atoms with Crippen LogP contribution in [0.15, 0.2) is 191 Å². The van der Waals surface area contributed by atoms with E-state index in [4.69, 9.17) is 8.83 Å². The van der Waals surface area contributed by atoms with Gasteiger partial charge < -0.3 is 18.0 Å². The van der Waals surface area contributed by atoms with Crippen LogP contribution >= 0.6 is 0 Å². The number of rotatable bonds is 5. The van der Waals surface area contributed by atoms with Gasteiger partial charge in [0.1, 0.15) is 22.3 Å². The molecule has 0 saturated heterocycles. The molecule has 8 aromatic carbocycles. The summed E-state index contributed by atoms with van der Waals surface area (Å²) in [6.07, 6.45) is 4.49. The Balaban J connectivity index is 0.934. The van der Waals surface area contributed by atoms with Crippen LogP contribution in [0.5, 0.6) is 0 Å². The molecular weight excluding hydrogens is 709 g/mol. The molecule has 4 heterocycles. The Kier molecular flexibility index (Phi) is 7.02. The van der Waals surface area contributed by atoms with Crippen molar-refractivity contribution in [2.45, 2.75) is 13.8 Å². The van der Waals surface area contributed by atoms with Crippen molar-refractivity contribution >= 4 is 98.6 Å². The van der Waals surface area contributed by atoms with Crippen LogP contribution in [-0.2, 0) is 0 Å². The van der Waals surface area contributed by atoms with E-state index in [1.165, 1.54) is 49.2 Å². The van der Waals surface area contributed by atoms with Crippen molar-refractivity contribution < 1.29 is 8.83 Å². The molecule has 0 aliphatic rings. The van der Waals surface area contributed by atoms with Crippen LogP contribution < -0.4 is 0 Å². The smallest absolute Gasteiger partial charge is 0.135 e. The third kappa shape index (κ3) is 4.82. The zero-order valence-electron chi connectivity index (χ0n) is 32.0. The van der Waals surface area contributed by atoms with Crippen molar-refractivity contribution in [3.8, 4) is 11.4 Å². The standard InChI is InChI=1S/C54H36N2O2/c1-3-34(36-21-25-52-44(30-36)46-32-38(23-27-54(46)58-52)56-49-18-10-6-14-41(49)42-15-7-11-19-50(42)56)28-33(2)35-20-24-51-43(29-35)45-31-37(22-26-53(45)57-51)55-47-16-8-4-12-39(47)40-13-5-9-17-48(40)55/h3-32H,1-2H3/b33-28+,34-3+. The van der Waals surface area contributed by atoms with Gasteiger partial charge in [-0.1, -0.05) is 97.1 Å². The highest BCUT2D eigenvalue weighted by atomic mass is 16.3. The molecule has 12 aromatic rings. The van der Waals surface area contributed by atoms with Gasteiger partial charge in [0.15, 0.2) is 0 Å². The summed E-state index contributed by atoms with van der Waals surface area (Å²) in [5.41, 5.74) is 15.2.